The fourth-order valence-corrected chi connectivity index (χ4v) is 3.19. The fraction of sp³-hybridized carbons (Fsp3) is 0.0455. The van der Waals surface area contributed by atoms with Gasteiger partial charge >= 0.3 is 5.97 Å². The van der Waals surface area contributed by atoms with Gasteiger partial charge in [0.25, 0.3) is 0 Å². The summed E-state index contributed by atoms with van der Waals surface area (Å²) < 4.78 is 10.6. The van der Waals surface area contributed by atoms with E-state index in [9.17, 15) is 4.79 Å². The molecule has 0 aliphatic carbocycles. The van der Waals surface area contributed by atoms with Crippen molar-refractivity contribution >= 4 is 39.1 Å². The van der Waals surface area contributed by atoms with Crippen molar-refractivity contribution in [2.45, 2.75) is 0 Å². The first-order valence-electron chi connectivity index (χ1n) is 8.76. The van der Waals surface area contributed by atoms with E-state index in [0.717, 1.165) is 27.5 Å². The Kier molecular flexibility index (Phi) is 3.69. The molecule has 0 radical (unpaired) electrons. The lowest BCUT2D eigenvalue weighted by Gasteiger charge is -2.05. The van der Waals surface area contributed by atoms with Crippen molar-refractivity contribution in [3.8, 4) is 11.5 Å². The van der Waals surface area contributed by atoms with Gasteiger partial charge in [-0.05, 0) is 54.6 Å². The number of H-pyrrole nitrogens is 1. The molecule has 5 rings (SSSR count). The minimum atomic E-state index is -0.435. The number of carbonyl (C=O) groups is 1. The van der Waals surface area contributed by atoms with E-state index in [2.05, 4.69) is 9.97 Å². The number of aromatic nitrogens is 3. The van der Waals surface area contributed by atoms with Gasteiger partial charge < -0.3 is 14.5 Å². The number of esters is 1. The van der Waals surface area contributed by atoms with Crippen LogP contribution in [0.25, 0.3) is 33.1 Å². The van der Waals surface area contributed by atoms with Crippen molar-refractivity contribution in [3.63, 3.8) is 0 Å². The summed E-state index contributed by atoms with van der Waals surface area (Å²) in [5.41, 5.74) is 4.36. The molecule has 0 unspecified atom stereocenters. The van der Waals surface area contributed by atoms with E-state index in [1.54, 1.807) is 43.5 Å². The van der Waals surface area contributed by atoms with Gasteiger partial charge in [0.1, 0.15) is 17.0 Å². The number of nitrogens with zero attached hydrogens (tertiary/aromatic N) is 2. The van der Waals surface area contributed by atoms with Gasteiger partial charge in [0.05, 0.1) is 23.7 Å². The molecule has 0 bridgehead atoms. The SMILES string of the molecule is COc1ccc(OC(=O)c2ccc3[nH]c4nc5ccccc5nc4c3c2)cc1. The Morgan fingerprint density at radius 3 is 2.36 bits per heavy atom. The first-order chi connectivity index (χ1) is 13.7. The van der Waals surface area contributed by atoms with Crippen LogP contribution in [-0.2, 0) is 0 Å². The third-order valence-corrected chi connectivity index (χ3v) is 4.60. The summed E-state index contributed by atoms with van der Waals surface area (Å²) in [6.45, 7) is 0. The maximum absolute atomic E-state index is 12.6. The minimum absolute atomic E-state index is 0.435. The van der Waals surface area contributed by atoms with Gasteiger partial charge in [-0.15, -0.1) is 0 Å². The highest BCUT2D eigenvalue weighted by atomic mass is 16.5. The van der Waals surface area contributed by atoms with Gasteiger partial charge in [-0.1, -0.05) is 12.1 Å². The average Bonchev–Trinajstić information content (AvgIpc) is 3.09. The second-order valence-electron chi connectivity index (χ2n) is 6.36. The number of ether oxygens (including phenoxy) is 2. The Bertz CT molecular complexity index is 1340. The van der Waals surface area contributed by atoms with Crippen LogP contribution < -0.4 is 9.47 Å². The zero-order valence-electron chi connectivity index (χ0n) is 15.0. The van der Waals surface area contributed by atoms with Gasteiger partial charge in [-0.25, -0.2) is 14.8 Å². The van der Waals surface area contributed by atoms with Gasteiger partial charge in [0.2, 0.25) is 0 Å². The van der Waals surface area contributed by atoms with Gasteiger partial charge in [-0.2, -0.15) is 0 Å². The normalized spacial score (nSPS) is 11.2. The second-order valence-corrected chi connectivity index (χ2v) is 6.36. The highest BCUT2D eigenvalue weighted by molar-refractivity contribution is 6.08. The van der Waals surface area contributed by atoms with E-state index < -0.39 is 5.97 Å². The number of fused-ring (bicyclic) bond motifs is 4. The van der Waals surface area contributed by atoms with Gasteiger partial charge in [0, 0.05) is 10.9 Å². The second kappa shape index (κ2) is 6.35. The molecule has 0 amide bonds. The van der Waals surface area contributed by atoms with Crippen molar-refractivity contribution in [1.29, 1.82) is 0 Å². The Labute approximate surface area is 159 Å². The van der Waals surface area contributed by atoms with Gasteiger partial charge in [-0.3, -0.25) is 0 Å². The molecule has 28 heavy (non-hydrogen) atoms. The maximum atomic E-state index is 12.6. The molecule has 0 atom stereocenters. The zero-order chi connectivity index (χ0) is 19.1. The number of hydrogen-bond acceptors (Lipinski definition) is 5. The Balaban J connectivity index is 1.54. The third-order valence-electron chi connectivity index (χ3n) is 4.60. The number of rotatable bonds is 3. The van der Waals surface area contributed by atoms with Crippen LogP contribution in [0.4, 0.5) is 0 Å². The Hall–Kier alpha value is -3.93. The molecule has 3 aromatic carbocycles. The highest BCUT2D eigenvalue weighted by Crippen LogP contribution is 2.26. The quantitative estimate of drug-likeness (QED) is 0.374. The van der Waals surface area contributed by atoms with Crippen LogP contribution in [0.15, 0.2) is 66.7 Å². The van der Waals surface area contributed by atoms with E-state index in [4.69, 9.17) is 14.5 Å². The topological polar surface area (TPSA) is 77.1 Å². The first kappa shape index (κ1) is 16.3. The maximum Gasteiger partial charge on any atom is 0.343 e. The summed E-state index contributed by atoms with van der Waals surface area (Å²) >= 11 is 0. The summed E-state index contributed by atoms with van der Waals surface area (Å²) in [4.78, 5) is 25.2. The molecule has 0 saturated carbocycles. The lowest BCUT2D eigenvalue weighted by Crippen LogP contribution is -2.08. The van der Waals surface area contributed by atoms with Crippen molar-refractivity contribution in [3.05, 3.63) is 72.3 Å². The number of methoxy groups -OCH3 is 1. The molecule has 1 N–H and O–H groups in total. The summed E-state index contributed by atoms with van der Waals surface area (Å²) in [7, 11) is 1.59. The van der Waals surface area contributed by atoms with Crippen molar-refractivity contribution in [2.24, 2.45) is 0 Å². The number of aromatic amines is 1. The van der Waals surface area contributed by atoms with Gasteiger partial charge in [0.15, 0.2) is 5.65 Å². The smallest absolute Gasteiger partial charge is 0.343 e. The molecule has 2 aromatic heterocycles. The molecule has 6 nitrogen and oxygen atoms in total. The van der Waals surface area contributed by atoms with Crippen molar-refractivity contribution in [1.82, 2.24) is 15.0 Å². The molecule has 6 heteroatoms. The fourth-order valence-electron chi connectivity index (χ4n) is 3.19. The molecular weight excluding hydrogens is 354 g/mol. The third kappa shape index (κ3) is 2.72. The van der Waals surface area contributed by atoms with E-state index in [-0.39, 0.29) is 0 Å². The lowest BCUT2D eigenvalue weighted by molar-refractivity contribution is 0.0735. The Morgan fingerprint density at radius 1 is 0.893 bits per heavy atom. The molecule has 0 fully saturated rings. The molecule has 0 saturated heterocycles. The Morgan fingerprint density at radius 2 is 1.61 bits per heavy atom. The molecule has 0 spiro atoms. The molecule has 5 aromatic rings. The van der Waals surface area contributed by atoms with E-state index >= 15 is 0 Å². The molecule has 0 aliphatic heterocycles. The molecule has 0 aliphatic rings. The monoisotopic (exact) mass is 369 g/mol. The van der Waals surface area contributed by atoms with Crippen LogP contribution >= 0.6 is 0 Å². The van der Waals surface area contributed by atoms with Crippen LogP contribution in [0, 0.1) is 0 Å². The van der Waals surface area contributed by atoms with Crippen LogP contribution in [0.2, 0.25) is 0 Å². The molecular formula is C22H15N3O3. The van der Waals surface area contributed by atoms with Crippen LogP contribution in [0.5, 0.6) is 11.5 Å². The van der Waals surface area contributed by atoms with Crippen molar-refractivity contribution < 1.29 is 14.3 Å². The number of nitrogens with one attached hydrogen (secondary N) is 1. The van der Waals surface area contributed by atoms with E-state index in [0.29, 0.717) is 22.7 Å². The zero-order valence-corrected chi connectivity index (χ0v) is 15.0. The summed E-state index contributed by atoms with van der Waals surface area (Å²) in [6.07, 6.45) is 0. The highest BCUT2D eigenvalue weighted by Gasteiger charge is 2.14. The van der Waals surface area contributed by atoms with Crippen LogP contribution in [-0.4, -0.2) is 28.0 Å². The number of carbonyl (C=O) groups excluding carboxylic acids is 1. The number of hydrogen-bond donors (Lipinski definition) is 1. The lowest BCUT2D eigenvalue weighted by atomic mass is 10.1. The largest absolute Gasteiger partial charge is 0.497 e. The first-order valence-corrected chi connectivity index (χ1v) is 8.76. The predicted molar refractivity (Wildman–Crippen MR) is 107 cm³/mol. The molecule has 136 valence electrons. The average molecular weight is 369 g/mol. The van der Waals surface area contributed by atoms with E-state index in [1.165, 1.54) is 0 Å². The summed E-state index contributed by atoms with van der Waals surface area (Å²) in [5.74, 6) is 0.719. The standard InChI is InChI=1S/C22H15N3O3/c1-27-14-7-9-15(10-8-14)28-22(26)13-6-11-17-16(12-13)20-21(24-17)25-19-5-3-2-4-18(19)23-20/h2-12H,1H3,(H,24,25). The predicted octanol–water partition coefficient (Wildman–Crippen LogP) is 4.49. The van der Waals surface area contributed by atoms with Crippen LogP contribution in [0.1, 0.15) is 10.4 Å². The number of para-hydroxylation sites is 2. The summed E-state index contributed by atoms with van der Waals surface area (Å²) in [5, 5.41) is 0.831. The number of benzene rings is 3. The van der Waals surface area contributed by atoms with Crippen molar-refractivity contribution in [2.75, 3.05) is 7.11 Å². The molecule has 2 heterocycles. The van der Waals surface area contributed by atoms with E-state index in [1.807, 2.05) is 30.3 Å². The minimum Gasteiger partial charge on any atom is -0.497 e. The van der Waals surface area contributed by atoms with Crippen LogP contribution in [0.3, 0.4) is 0 Å². The summed E-state index contributed by atoms with van der Waals surface area (Å²) in [6, 6.07) is 19.9.